The van der Waals surface area contributed by atoms with Gasteiger partial charge in [-0.15, -0.1) is 0 Å². The third kappa shape index (κ3) is 3.47. The average Bonchev–Trinajstić information content (AvgIpc) is 3.69. The Bertz CT molecular complexity index is 1160. The van der Waals surface area contributed by atoms with Crippen LogP contribution in [0.15, 0.2) is 0 Å². The second-order valence-corrected chi connectivity index (χ2v) is 16.6. The summed E-state index contributed by atoms with van der Waals surface area (Å²) in [5.41, 5.74) is 0.853. The van der Waals surface area contributed by atoms with E-state index in [9.17, 15) is 8.42 Å². The van der Waals surface area contributed by atoms with Gasteiger partial charge in [0, 0.05) is 11.8 Å². The first kappa shape index (κ1) is 24.4. The van der Waals surface area contributed by atoms with Crippen LogP contribution in [0.5, 0.6) is 0 Å². The highest BCUT2D eigenvalue weighted by Crippen LogP contribution is 2.85. The van der Waals surface area contributed by atoms with E-state index in [-0.39, 0.29) is 34.7 Å². The first-order valence-corrected chi connectivity index (χ1v) is 17.3. The molecule has 7 heteroatoms. The summed E-state index contributed by atoms with van der Waals surface area (Å²) in [6.45, 7) is 10.5. The summed E-state index contributed by atoms with van der Waals surface area (Å²) in [6, 6.07) is 0. The van der Waals surface area contributed by atoms with Crippen molar-refractivity contribution in [3.63, 3.8) is 0 Å². The molecule has 5 saturated carbocycles. The Morgan fingerprint density at radius 3 is 2.39 bits per heavy atom. The van der Waals surface area contributed by atoms with Gasteiger partial charge in [0.2, 0.25) is 0 Å². The Balaban J connectivity index is 1.08. The molecule has 0 aromatic carbocycles. The van der Waals surface area contributed by atoms with Crippen LogP contribution in [0.2, 0.25) is 0 Å². The van der Waals surface area contributed by atoms with Gasteiger partial charge in [0.05, 0.1) is 41.0 Å². The van der Waals surface area contributed by atoms with Crippen molar-refractivity contribution in [1.29, 1.82) is 0 Å². The molecule has 7 fully saturated rings. The molecule has 7 aliphatic rings. The van der Waals surface area contributed by atoms with Crippen LogP contribution in [-0.2, 0) is 28.5 Å². The molecule has 5 aliphatic carbocycles. The Hall–Kier alpha value is -0.210. The Morgan fingerprint density at radius 1 is 0.974 bits per heavy atom. The number of rotatable bonds is 7. The van der Waals surface area contributed by atoms with Crippen molar-refractivity contribution in [1.82, 2.24) is 0 Å². The van der Waals surface area contributed by atoms with Gasteiger partial charge in [0.1, 0.15) is 0 Å². The standard InChI is InChI=1S/C31H50O6S/c1-18(17-36-38(6,32)33)19(2)26-27(37-26)20(3)23-7-8-24-22-16-31(34-13-14-35-31)30-15-21(30)9-12-29(30,5)25(22)10-11-28(23,24)4/h18-27H,7-17H2,1-6H3/t18?,19-,20-,21+,22-,23+,24-,25-,26?,27?,28+,29+,30+/m0/s1/i17D2. The van der Waals surface area contributed by atoms with Gasteiger partial charge < -0.3 is 14.2 Å². The van der Waals surface area contributed by atoms with E-state index in [1.54, 1.807) is 6.92 Å². The topological polar surface area (TPSA) is 74.4 Å². The molecule has 0 bridgehead atoms. The molecule has 6 nitrogen and oxygen atoms in total. The molecule has 2 saturated heterocycles. The molecule has 216 valence electrons. The van der Waals surface area contributed by atoms with Crippen molar-refractivity contribution in [2.75, 3.05) is 26.0 Å². The maximum Gasteiger partial charge on any atom is 0.264 e. The summed E-state index contributed by atoms with van der Waals surface area (Å²) in [5.74, 6) is 2.74. The summed E-state index contributed by atoms with van der Waals surface area (Å²) in [5, 5.41) is 0. The molecule has 13 atom stereocenters. The molecule has 2 spiro atoms. The molecular weight excluding hydrogens is 500 g/mol. The molecule has 38 heavy (non-hydrogen) atoms. The lowest BCUT2D eigenvalue weighted by Gasteiger charge is -2.63. The van der Waals surface area contributed by atoms with E-state index in [2.05, 4.69) is 20.8 Å². The third-order valence-corrected chi connectivity index (χ3v) is 14.2. The summed E-state index contributed by atoms with van der Waals surface area (Å²) in [6.07, 6.45) is 11.1. The second kappa shape index (κ2) is 8.42. The van der Waals surface area contributed by atoms with Gasteiger partial charge in [-0.05, 0) is 103 Å². The van der Waals surface area contributed by atoms with E-state index >= 15 is 0 Å². The van der Waals surface area contributed by atoms with E-state index in [4.69, 9.17) is 21.1 Å². The Morgan fingerprint density at radius 2 is 1.71 bits per heavy atom. The van der Waals surface area contributed by atoms with Crippen LogP contribution in [0.25, 0.3) is 0 Å². The number of fused-ring (bicyclic) bond motifs is 4. The van der Waals surface area contributed by atoms with Crippen LogP contribution in [0.1, 0.15) is 88.7 Å². The van der Waals surface area contributed by atoms with Crippen molar-refractivity contribution >= 4 is 10.1 Å². The maximum absolute atomic E-state index is 11.6. The zero-order valence-electron chi connectivity index (χ0n) is 26.2. The second-order valence-electron chi connectivity index (χ2n) is 15.1. The quantitative estimate of drug-likeness (QED) is 0.300. The van der Waals surface area contributed by atoms with Crippen molar-refractivity contribution in [2.45, 2.75) is 104 Å². The van der Waals surface area contributed by atoms with Gasteiger partial charge >= 0.3 is 0 Å². The molecule has 0 radical (unpaired) electrons. The zero-order chi connectivity index (χ0) is 28.7. The molecule has 0 N–H and O–H groups in total. The molecule has 2 aliphatic heterocycles. The minimum Gasteiger partial charge on any atom is -0.369 e. The molecule has 0 aromatic heterocycles. The smallest absolute Gasteiger partial charge is 0.264 e. The fourth-order valence-electron chi connectivity index (χ4n) is 11.8. The van der Waals surface area contributed by atoms with Crippen LogP contribution in [0.3, 0.4) is 0 Å². The van der Waals surface area contributed by atoms with Gasteiger partial charge in [0.25, 0.3) is 10.1 Å². The van der Waals surface area contributed by atoms with Gasteiger partial charge in [-0.3, -0.25) is 4.18 Å². The molecule has 7 rings (SSSR count). The number of ether oxygens (including phenoxy) is 3. The van der Waals surface area contributed by atoms with Gasteiger partial charge in [-0.2, -0.15) is 8.42 Å². The van der Waals surface area contributed by atoms with E-state index in [0.717, 1.165) is 37.7 Å². The molecule has 3 unspecified atom stereocenters. The molecule has 0 amide bonds. The number of hydrogen-bond acceptors (Lipinski definition) is 6. The zero-order valence-corrected chi connectivity index (χ0v) is 25.0. The molecule has 2 heterocycles. The fourth-order valence-corrected chi connectivity index (χ4v) is 12.2. The lowest BCUT2D eigenvalue weighted by atomic mass is 9.44. The minimum absolute atomic E-state index is 0.0653. The largest absolute Gasteiger partial charge is 0.369 e. The van der Waals surface area contributed by atoms with Crippen molar-refractivity contribution in [3.8, 4) is 0 Å². The van der Waals surface area contributed by atoms with Crippen LogP contribution in [-0.4, -0.2) is 52.4 Å². The van der Waals surface area contributed by atoms with Crippen molar-refractivity contribution in [2.24, 2.45) is 63.6 Å². The highest BCUT2D eigenvalue weighted by Gasteiger charge is 2.84. The maximum atomic E-state index is 11.6. The molecule has 0 aromatic rings. The van der Waals surface area contributed by atoms with Crippen molar-refractivity contribution < 1.29 is 29.6 Å². The summed E-state index contributed by atoms with van der Waals surface area (Å²) in [7, 11) is -3.89. The average molecular weight is 553 g/mol. The Kier molecular flexibility index (Phi) is 5.41. The number of epoxide rings is 1. The summed E-state index contributed by atoms with van der Waals surface area (Å²) < 4.78 is 64.3. The van der Waals surface area contributed by atoms with E-state index < -0.39 is 22.6 Å². The van der Waals surface area contributed by atoms with Crippen LogP contribution in [0, 0.1) is 63.6 Å². The lowest BCUT2D eigenvalue weighted by molar-refractivity contribution is -0.294. The minimum atomic E-state index is -3.89. The predicted molar refractivity (Wildman–Crippen MR) is 145 cm³/mol. The van der Waals surface area contributed by atoms with Crippen LogP contribution < -0.4 is 0 Å². The van der Waals surface area contributed by atoms with Crippen molar-refractivity contribution in [3.05, 3.63) is 0 Å². The van der Waals surface area contributed by atoms with Gasteiger partial charge in [-0.25, -0.2) is 0 Å². The van der Waals surface area contributed by atoms with E-state index in [1.165, 1.54) is 44.9 Å². The predicted octanol–water partition coefficient (Wildman–Crippen LogP) is 5.65. The lowest BCUT2D eigenvalue weighted by Crippen LogP contribution is -2.62. The number of hydrogen-bond donors (Lipinski definition) is 0. The van der Waals surface area contributed by atoms with E-state index in [1.807, 2.05) is 6.92 Å². The first-order valence-electron chi connectivity index (χ1n) is 16.4. The van der Waals surface area contributed by atoms with Gasteiger partial charge in [0.15, 0.2) is 5.79 Å². The van der Waals surface area contributed by atoms with E-state index in [0.29, 0.717) is 29.1 Å². The van der Waals surface area contributed by atoms with Gasteiger partial charge in [-0.1, -0.05) is 34.6 Å². The summed E-state index contributed by atoms with van der Waals surface area (Å²) >= 11 is 0. The van der Waals surface area contributed by atoms with Crippen LogP contribution in [0.4, 0.5) is 0 Å². The highest BCUT2D eigenvalue weighted by molar-refractivity contribution is 7.85. The third-order valence-electron chi connectivity index (χ3n) is 13.8. The SMILES string of the molecule is [2H]C([2H])(OS(C)(=O)=O)C(C)[C@H](C)C1OC1[C@@H](C)[C@H]1CC[C@H]2[C@@H]3CC4(OCCO4)[C@]45C[C@H]4CC[C@]5(C)[C@H]3CC[C@]12C. The monoisotopic (exact) mass is 552 g/mol. The first-order chi connectivity index (χ1) is 18.6. The fraction of sp³-hybridized carbons (Fsp3) is 1.00. The Labute approximate surface area is 233 Å². The highest BCUT2D eigenvalue weighted by atomic mass is 32.2. The molecular formula is C31H50O6S. The summed E-state index contributed by atoms with van der Waals surface area (Å²) in [4.78, 5) is 0. The normalized spacial score (nSPS) is 53.7. The van der Waals surface area contributed by atoms with Crippen LogP contribution >= 0.6 is 0 Å².